The van der Waals surface area contributed by atoms with Gasteiger partial charge in [0.1, 0.15) is 4.90 Å². The molecule has 0 radical (unpaired) electrons. The van der Waals surface area contributed by atoms with Crippen LogP contribution in [0.4, 0.5) is 0 Å². The van der Waals surface area contributed by atoms with Crippen LogP contribution in [0.5, 0.6) is 0 Å². The number of hydrogen-bond acceptors (Lipinski definition) is 4. The molecular formula is C13H17ClN2O3S. The molecule has 1 unspecified atom stereocenters. The summed E-state index contributed by atoms with van der Waals surface area (Å²) >= 11 is 5.88. The number of sulfonamides is 1. The Labute approximate surface area is 124 Å². The summed E-state index contributed by atoms with van der Waals surface area (Å²) in [7, 11) is -3.76. The second-order valence-corrected chi connectivity index (χ2v) is 6.54. The van der Waals surface area contributed by atoms with E-state index in [-0.39, 0.29) is 34.6 Å². The first-order chi connectivity index (χ1) is 9.44. The van der Waals surface area contributed by atoms with E-state index in [0.717, 1.165) is 6.42 Å². The highest BCUT2D eigenvalue weighted by Gasteiger charge is 2.19. The molecule has 20 heavy (non-hydrogen) atoms. The molecule has 0 saturated heterocycles. The Hall–Kier alpha value is -1.13. The van der Waals surface area contributed by atoms with Gasteiger partial charge in [0, 0.05) is 13.2 Å². The smallest absolute Gasteiger partial charge is 0.242 e. The van der Waals surface area contributed by atoms with Crippen molar-refractivity contribution in [3.8, 4) is 6.07 Å². The van der Waals surface area contributed by atoms with Crippen molar-refractivity contribution in [3.63, 3.8) is 0 Å². The molecule has 0 aliphatic carbocycles. The third-order valence-corrected chi connectivity index (χ3v) is 4.93. The van der Waals surface area contributed by atoms with Crippen LogP contribution in [0.1, 0.15) is 25.3 Å². The molecular weight excluding hydrogens is 300 g/mol. The van der Waals surface area contributed by atoms with Crippen LogP contribution in [-0.2, 0) is 10.0 Å². The zero-order valence-corrected chi connectivity index (χ0v) is 12.7. The molecule has 0 heterocycles. The normalized spacial score (nSPS) is 12.9. The zero-order valence-electron chi connectivity index (χ0n) is 11.1. The molecule has 1 aromatic rings. The average molecular weight is 317 g/mol. The summed E-state index contributed by atoms with van der Waals surface area (Å²) in [5.74, 6) is 0.0627. The van der Waals surface area contributed by atoms with Gasteiger partial charge in [-0.15, -0.1) is 0 Å². The van der Waals surface area contributed by atoms with Crippen molar-refractivity contribution in [2.45, 2.75) is 24.7 Å². The maximum atomic E-state index is 12.2. The summed E-state index contributed by atoms with van der Waals surface area (Å²) in [6.45, 7) is 2.18. The summed E-state index contributed by atoms with van der Waals surface area (Å²) in [5, 5.41) is 17.8. The van der Waals surface area contributed by atoms with Crippen LogP contribution in [0, 0.1) is 17.2 Å². The van der Waals surface area contributed by atoms with Crippen molar-refractivity contribution in [2.75, 3.05) is 13.2 Å². The van der Waals surface area contributed by atoms with Crippen LogP contribution < -0.4 is 4.72 Å². The molecule has 1 atom stereocenters. The standard InChI is InChI=1S/C13H17ClN2O3S/c1-2-10(5-6-17)9-16-20(18,19)13-7-11(8-15)3-4-12(13)14/h3-4,7,10,16-17H,2,5-6,9H2,1H3. The van der Waals surface area contributed by atoms with E-state index in [1.807, 2.05) is 13.0 Å². The molecule has 1 rings (SSSR count). The van der Waals surface area contributed by atoms with Crippen LogP contribution in [-0.4, -0.2) is 26.7 Å². The van der Waals surface area contributed by atoms with Crippen molar-refractivity contribution in [1.29, 1.82) is 5.26 Å². The fraction of sp³-hybridized carbons (Fsp3) is 0.462. The van der Waals surface area contributed by atoms with Gasteiger partial charge in [-0.3, -0.25) is 0 Å². The van der Waals surface area contributed by atoms with Crippen LogP contribution in [0.25, 0.3) is 0 Å². The van der Waals surface area contributed by atoms with Gasteiger partial charge in [-0.1, -0.05) is 24.9 Å². The van der Waals surface area contributed by atoms with Gasteiger partial charge in [0.05, 0.1) is 16.7 Å². The SMILES string of the molecule is CCC(CCO)CNS(=O)(=O)c1cc(C#N)ccc1Cl. The van der Waals surface area contributed by atoms with E-state index in [4.69, 9.17) is 22.0 Å². The molecule has 0 aliphatic heterocycles. The zero-order chi connectivity index (χ0) is 15.2. The Kier molecular flexibility index (Phi) is 6.43. The van der Waals surface area contributed by atoms with Gasteiger partial charge < -0.3 is 5.11 Å². The highest BCUT2D eigenvalue weighted by molar-refractivity contribution is 7.89. The number of aliphatic hydroxyl groups excluding tert-OH is 1. The van der Waals surface area contributed by atoms with Gasteiger partial charge >= 0.3 is 0 Å². The summed E-state index contributed by atoms with van der Waals surface area (Å²) < 4.78 is 26.8. The predicted molar refractivity (Wildman–Crippen MR) is 76.8 cm³/mol. The summed E-state index contributed by atoms with van der Waals surface area (Å²) in [5.41, 5.74) is 0.233. The first-order valence-electron chi connectivity index (χ1n) is 6.24. The van der Waals surface area contributed by atoms with Crippen molar-refractivity contribution in [2.24, 2.45) is 5.92 Å². The molecule has 1 aromatic carbocycles. The van der Waals surface area contributed by atoms with Gasteiger partial charge in [0.2, 0.25) is 10.0 Å². The van der Waals surface area contributed by atoms with Gasteiger partial charge in [-0.2, -0.15) is 5.26 Å². The van der Waals surface area contributed by atoms with Gasteiger partial charge in [-0.05, 0) is 30.5 Å². The third-order valence-electron chi connectivity index (χ3n) is 3.03. The number of rotatable bonds is 7. The number of nitrogens with one attached hydrogen (secondary N) is 1. The van der Waals surface area contributed by atoms with E-state index < -0.39 is 10.0 Å². The van der Waals surface area contributed by atoms with E-state index >= 15 is 0 Å². The minimum absolute atomic E-state index is 0.0188. The van der Waals surface area contributed by atoms with Gasteiger partial charge in [-0.25, -0.2) is 13.1 Å². The minimum atomic E-state index is -3.76. The summed E-state index contributed by atoms with van der Waals surface area (Å²) in [6, 6.07) is 5.98. The van der Waals surface area contributed by atoms with Crippen molar-refractivity contribution in [3.05, 3.63) is 28.8 Å². The number of hydrogen-bond donors (Lipinski definition) is 2. The van der Waals surface area contributed by atoms with E-state index in [1.165, 1.54) is 18.2 Å². The highest BCUT2D eigenvalue weighted by Crippen LogP contribution is 2.22. The molecule has 0 aromatic heterocycles. The Morgan fingerprint density at radius 3 is 2.75 bits per heavy atom. The lowest BCUT2D eigenvalue weighted by Gasteiger charge is -2.15. The molecule has 7 heteroatoms. The van der Waals surface area contributed by atoms with Gasteiger partial charge in [0.15, 0.2) is 0 Å². The second kappa shape index (κ2) is 7.60. The maximum absolute atomic E-state index is 12.2. The molecule has 110 valence electrons. The summed E-state index contributed by atoms with van der Waals surface area (Å²) in [6.07, 6.45) is 1.29. The van der Waals surface area contributed by atoms with E-state index in [0.29, 0.717) is 6.42 Å². The predicted octanol–water partition coefficient (Wildman–Crippen LogP) is 1.90. The molecule has 0 spiro atoms. The topological polar surface area (TPSA) is 90.2 Å². The van der Waals surface area contributed by atoms with Crippen molar-refractivity contribution < 1.29 is 13.5 Å². The lowest BCUT2D eigenvalue weighted by Crippen LogP contribution is -2.30. The molecule has 5 nitrogen and oxygen atoms in total. The van der Waals surface area contributed by atoms with E-state index in [9.17, 15) is 8.42 Å². The number of halogens is 1. The van der Waals surface area contributed by atoms with Crippen LogP contribution in [0.3, 0.4) is 0 Å². The maximum Gasteiger partial charge on any atom is 0.242 e. The molecule has 2 N–H and O–H groups in total. The minimum Gasteiger partial charge on any atom is -0.396 e. The quantitative estimate of drug-likeness (QED) is 0.804. The van der Waals surface area contributed by atoms with Crippen molar-refractivity contribution in [1.82, 2.24) is 4.72 Å². The monoisotopic (exact) mass is 316 g/mol. The third kappa shape index (κ3) is 4.46. The van der Waals surface area contributed by atoms with Crippen molar-refractivity contribution >= 4 is 21.6 Å². The lowest BCUT2D eigenvalue weighted by atomic mass is 10.0. The van der Waals surface area contributed by atoms with Crippen LogP contribution in [0.2, 0.25) is 5.02 Å². The van der Waals surface area contributed by atoms with E-state index in [2.05, 4.69) is 4.72 Å². The molecule has 0 amide bonds. The average Bonchev–Trinajstić information content (AvgIpc) is 2.43. The Bertz CT molecular complexity index is 596. The fourth-order valence-electron chi connectivity index (χ4n) is 1.72. The number of nitriles is 1. The van der Waals surface area contributed by atoms with Crippen LogP contribution >= 0.6 is 11.6 Å². The fourth-order valence-corrected chi connectivity index (χ4v) is 3.36. The Morgan fingerprint density at radius 1 is 1.50 bits per heavy atom. The molecule has 0 saturated carbocycles. The Balaban J connectivity index is 2.92. The molecule has 0 bridgehead atoms. The Morgan fingerprint density at radius 2 is 2.20 bits per heavy atom. The van der Waals surface area contributed by atoms with E-state index in [1.54, 1.807) is 0 Å². The second-order valence-electron chi connectivity index (χ2n) is 4.40. The first-order valence-corrected chi connectivity index (χ1v) is 8.10. The van der Waals surface area contributed by atoms with Crippen LogP contribution in [0.15, 0.2) is 23.1 Å². The highest BCUT2D eigenvalue weighted by atomic mass is 35.5. The summed E-state index contributed by atoms with van der Waals surface area (Å²) in [4.78, 5) is -0.0999. The lowest BCUT2D eigenvalue weighted by molar-refractivity contribution is 0.254. The first kappa shape index (κ1) is 16.9. The van der Waals surface area contributed by atoms with Gasteiger partial charge in [0.25, 0.3) is 0 Å². The number of nitrogens with zero attached hydrogens (tertiary/aromatic N) is 1. The molecule has 0 aliphatic rings. The largest absolute Gasteiger partial charge is 0.396 e. The molecule has 0 fully saturated rings. The number of aliphatic hydroxyl groups is 1. The number of benzene rings is 1.